The number of ether oxygens (including phenoxy) is 1. The maximum atomic E-state index is 11.4. The molecule has 1 aromatic heterocycles. The largest absolute Gasteiger partial charge is 0.383 e. The highest BCUT2D eigenvalue weighted by Crippen LogP contribution is 2.17. The standard InChI is InChI=1S/C11H18N4O3S/c1-18-4-3-12-10-6-11(14-8-13-10)15-9-2-5-19(16,17)7-9/h6,8-9H,2-5,7H2,1H3,(H2,12,13,14,15). The molecule has 1 saturated heterocycles. The van der Waals surface area contributed by atoms with Gasteiger partial charge in [0.15, 0.2) is 9.84 Å². The van der Waals surface area contributed by atoms with E-state index in [1.54, 1.807) is 13.2 Å². The summed E-state index contributed by atoms with van der Waals surface area (Å²) in [5.41, 5.74) is 0. The summed E-state index contributed by atoms with van der Waals surface area (Å²) in [5, 5.41) is 6.22. The summed E-state index contributed by atoms with van der Waals surface area (Å²) in [6.07, 6.45) is 2.07. The first-order chi connectivity index (χ1) is 9.09. The summed E-state index contributed by atoms with van der Waals surface area (Å²) >= 11 is 0. The number of sulfone groups is 1. The van der Waals surface area contributed by atoms with Gasteiger partial charge in [-0.15, -0.1) is 0 Å². The van der Waals surface area contributed by atoms with E-state index >= 15 is 0 Å². The third-order valence-electron chi connectivity index (χ3n) is 2.86. The van der Waals surface area contributed by atoms with Crippen molar-refractivity contribution in [3.8, 4) is 0 Å². The van der Waals surface area contributed by atoms with Gasteiger partial charge in [0.2, 0.25) is 0 Å². The molecule has 2 rings (SSSR count). The van der Waals surface area contributed by atoms with Crippen LogP contribution in [0.15, 0.2) is 12.4 Å². The van der Waals surface area contributed by atoms with Crippen LogP contribution in [0, 0.1) is 0 Å². The van der Waals surface area contributed by atoms with Crippen LogP contribution in [-0.4, -0.2) is 56.2 Å². The molecule has 0 aromatic carbocycles. The summed E-state index contributed by atoms with van der Waals surface area (Å²) in [6.45, 7) is 1.25. The predicted octanol–water partition coefficient (Wildman–Crippen LogP) is 0.134. The maximum absolute atomic E-state index is 11.4. The number of aromatic nitrogens is 2. The molecule has 2 N–H and O–H groups in total. The topological polar surface area (TPSA) is 93.2 Å². The van der Waals surface area contributed by atoms with Crippen LogP contribution >= 0.6 is 0 Å². The van der Waals surface area contributed by atoms with Gasteiger partial charge in [-0.25, -0.2) is 18.4 Å². The molecule has 0 saturated carbocycles. The molecule has 1 atom stereocenters. The number of nitrogens with one attached hydrogen (secondary N) is 2. The molecular weight excluding hydrogens is 268 g/mol. The zero-order chi connectivity index (χ0) is 13.7. The number of hydrogen-bond donors (Lipinski definition) is 2. The fourth-order valence-corrected chi connectivity index (χ4v) is 3.61. The highest BCUT2D eigenvalue weighted by atomic mass is 32.2. The van der Waals surface area contributed by atoms with Gasteiger partial charge in [0.25, 0.3) is 0 Å². The SMILES string of the molecule is COCCNc1cc(NC2CCS(=O)(=O)C2)ncn1. The van der Waals surface area contributed by atoms with Crippen molar-refractivity contribution in [2.45, 2.75) is 12.5 Å². The van der Waals surface area contributed by atoms with Crippen LogP contribution < -0.4 is 10.6 Å². The number of hydrogen-bond acceptors (Lipinski definition) is 7. The molecule has 1 aromatic rings. The number of methoxy groups -OCH3 is 1. The van der Waals surface area contributed by atoms with Crippen molar-refractivity contribution in [2.24, 2.45) is 0 Å². The quantitative estimate of drug-likeness (QED) is 0.718. The van der Waals surface area contributed by atoms with Crippen molar-refractivity contribution in [3.63, 3.8) is 0 Å². The van der Waals surface area contributed by atoms with Gasteiger partial charge in [0.1, 0.15) is 18.0 Å². The van der Waals surface area contributed by atoms with Crippen molar-refractivity contribution >= 4 is 21.5 Å². The number of nitrogens with zero attached hydrogens (tertiary/aromatic N) is 2. The lowest BCUT2D eigenvalue weighted by atomic mass is 10.2. The molecule has 2 heterocycles. The lowest BCUT2D eigenvalue weighted by Gasteiger charge is -2.12. The first kappa shape index (κ1) is 14.0. The number of rotatable bonds is 6. The Morgan fingerprint density at radius 2 is 2.21 bits per heavy atom. The lowest BCUT2D eigenvalue weighted by molar-refractivity contribution is 0.210. The normalized spacial score (nSPS) is 21.2. The van der Waals surface area contributed by atoms with Gasteiger partial charge in [0, 0.05) is 25.8 Å². The average molecular weight is 286 g/mol. The van der Waals surface area contributed by atoms with Gasteiger partial charge in [0.05, 0.1) is 18.1 Å². The van der Waals surface area contributed by atoms with Gasteiger partial charge in [-0.05, 0) is 6.42 Å². The third kappa shape index (κ3) is 4.32. The van der Waals surface area contributed by atoms with Crippen LogP contribution in [0.4, 0.5) is 11.6 Å². The molecule has 1 aliphatic rings. The van der Waals surface area contributed by atoms with Gasteiger partial charge in [-0.2, -0.15) is 0 Å². The Morgan fingerprint density at radius 3 is 2.89 bits per heavy atom. The minimum Gasteiger partial charge on any atom is -0.383 e. The smallest absolute Gasteiger partial charge is 0.152 e. The monoisotopic (exact) mass is 286 g/mol. The van der Waals surface area contributed by atoms with E-state index < -0.39 is 9.84 Å². The zero-order valence-electron chi connectivity index (χ0n) is 10.8. The van der Waals surface area contributed by atoms with Crippen LogP contribution in [0.5, 0.6) is 0 Å². The molecular formula is C11H18N4O3S. The molecule has 0 amide bonds. The Morgan fingerprint density at radius 1 is 1.42 bits per heavy atom. The first-order valence-electron chi connectivity index (χ1n) is 6.11. The van der Waals surface area contributed by atoms with Crippen molar-refractivity contribution in [1.29, 1.82) is 0 Å². The Labute approximate surface area is 112 Å². The third-order valence-corrected chi connectivity index (χ3v) is 4.63. The molecule has 8 heteroatoms. The van der Waals surface area contributed by atoms with E-state index in [9.17, 15) is 8.42 Å². The van der Waals surface area contributed by atoms with Crippen LogP contribution in [0.1, 0.15) is 6.42 Å². The van der Waals surface area contributed by atoms with Crippen molar-refractivity contribution in [3.05, 3.63) is 12.4 Å². The summed E-state index contributed by atoms with van der Waals surface area (Å²) < 4.78 is 27.7. The number of anilines is 2. The Balaban J connectivity index is 1.92. The minimum absolute atomic E-state index is 0.0632. The minimum atomic E-state index is -2.88. The average Bonchev–Trinajstić information content (AvgIpc) is 2.69. The molecule has 0 aliphatic carbocycles. The summed E-state index contributed by atoms with van der Waals surface area (Å²) in [6, 6.07) is 1.70. The van der Waals surface area contributed by atoms with E-state index in [-0.39, 0.29) is 17.5 Å². The molecule has 0 bridgehead atoms. The molecule has 19 heavy (non-hydrogen) atoms. The predicted molar refractivity (Wildman–Crippen MR) is 73.1 cm³/mol. The molecule has 1 fully saturated rings. The highest BCUT2D eigenvalue weighted by molar-refractivity contribution is 7.91. The van der Waals surface area contributed by atoms with Crippen LogP contribution in [0.3, 0.4) is 0 Å². The fraction of sp³-hybridized carbons (Fsp3) is 0.636. The van der Waals surface area contributed by atoms with Crippen molar-refractivity contribution < 1.29 is 13.2 Å². The van der Waals surface area contributed by atoms with Gasteiger partial charge in [-0.3, -0.25) is 0 Å². The van der Waals surface area contributed by atoms with Gasteiger partial charge < -0.3 is 15.4 Å². The van der Waals surface area contributed by atoms with Crippen LogP contribution in [0.2, 0.25) is 0 Å². The lowest BCUT2D eigenvalue weighted by Crippen LogP contribution is -2.21. The van der Waals surface area contributed by atoms with E-state index in [4.69, 9.17) is 4.74 Å². The highest BCUT2D eigenvalue weighted by Gasteiger charge is 2.27. The van der Waals surface area contributed by atoms with Gasteiger partial charge in [-0.1, -0.05) is 0 Å². The first-order valence-corrected chi connectivity index (χ1v) is 7.93. The van der Waals surface area contributed by atoms with Crippen LogP contribution in [-0.2, 0) is 14.6 Å². The molecule has 7 nitrogen and oxygen atoms in total. The molecule has 1 aliphatic heterocycles. The fourth-order valence-electron chi connectivity index (χ4n) is 1.93. The summed E-state index contributed by atoms with van der Waals surface area (Å²) in [5.74, 6) is 1.74. The van der Waals surface area contributed by atoms with E-state index in [0.717, 1.165) is 0 Å². The molecule has 106 valence electrons. The Kier molecular flexibility index (Phi) is 4.54. The summed E-state index contributed by atoms with van der Waals surface area (Å²) in [4.78, 5) is 8.17. The second kappa shape index (κ2) is 6.16. The van der Waals surface area contributed by atoms with Gasteiger partial charge >= 0.3 is 0 Å². The van der Waals surface area contributed by atoms with E-state index in [0.29, 0.717) is 31.2 Å². The second-order valence-electron chi connectivity index (χ2n) is 4.45. The van der Waals surface area contributed by atoms with Crippen molar-refractivity contribution in [1.82, 2.24) is 9.97 Å². The second-order valence-corrected chi connectivity index (χ2v) is 6.68. The van der Waals surface area contributed by atoms with E-state index in [1.165, 1.54) is 6.33 Å². The Hall–Kier alpha value is -1.41. The van der Waals surface area contributed by atoms with Crippen LogP contribution in [0.25, 0.3) is 0 Å². The maximum Gasteiger partial charge on any atom is 0.152 e. The van der Waals surface area contributed by atoms with E-state index in [1.807, 2.05) is 0 Å². The molecule has 0 radical (unpaired) electrons. The Bertz CT molecular complexity index is 520. The van der Waals surface area contributed by atoms with Crippen molar-refractivity contribution in [2.75, 3.05) is 42.4 Å². The molecule has 0 spiro atoms. The summed E-state index contributed by atoms with van der Waals surface area (Å²) in [7, 11) is -1.25. The zero-order valence-corrected chi connectivity index (χ0v) is 11.6. The van der Waals surface area contributed by atoms with E-state index in [2.05, 4.69) is 20.6 Å². The molecule has 1 unspecified atom stereocenters.